The van der Waals surface area contributed by atoms with Crippen LogP contribution in [0.15, 0.2) is 18.2 Å². The molecular weight excluding hydrogens is 320 g/mol. The lowest BCUT2D eigenvalue weighted by atomic mass is 10.1. The molecule has 1 N–H and O–H groups in total. The highest BCUT2D eigenvalue weighted by molar-refractivity contribution is 8.13. The Bertz CT molecular complexity index is 620. The van der Waals surface area contributed by atoms with Gasteiger partial charge in [0.25, 0.3) is 5.24 Å². The Hall–Kier alpha value is -2.22. The number of hydrogen-bond donors (Lipinski definition) is 1. The Morgan fingerprint density at radius 2 is 2.13 bits per heavy atom. The van der Waals surface area contributed by atoms with Gasteiger partial charge in [0.1, 0.15) is 17.9 Å². The van der Waals surface area contributed by atoms with Crippen LogP contribution in [-0.4, -0.2) is 55.1 Å². The van der Waals surface area contributed by atoms with E-state index in [4.69, 9.17) is 9.47 Å². The van der Waals surface area contributed by atoms with Gasteiger partial charge in [-0.25, -0.2) is 4.79 Å². The molecule has 0 aliphatic carbocycles. The summed E-state index contributed by atoms with van der Waals surface area (Å²) in [5.74, 6) is 0.380. The number of rotatable bonds is 6. The van der Waals surface area contributed by atoms with Crippen molar-refractivity contribution in [3.05, 3.63) is 29.3 Å². The Labute approximate surface area is 138 Å². The van der Waals surface area contributed by atoms with Gasteiger partial charge in [-0.05, 0) is 17.7 Å². The molecule has 0 radical (unpaired) electrons. The third-order valence-electron chi connectivity index (χ3n) is 3.34. The van der Waals surface area contributed by atoms with Crippen LogP contribution in [0.4, 0.5) is 4.79 Å². The fraction of sp³-hybridized carbons (Fsp3) is 0.400. The number of benzene rings is 1. The van der Waals surface area contributed by atoms with E-state index in [0.717, 1.165) is 5.56 Å². The van der Waals surface area contributed by atoms with Crippen molar-refractivity contribution in [1.82, 2.24) is 10.2 Å². The van der Waals surface area contributed by atoms with E-state index in [0.29, 0.717) is 23.6 Å². The second kappa shape index (κ2) is 7.87. The second-order valence-electron chi connectivity index (χ2n) is 4.84. The minimum atomic E-state index is -0.505. The summed E-state index contributed by atoms with van der Waals surface area (Å²) in [6.07, 6.45) is 0. The zero-order valence-electron chi connectivity index (χ0n) is 13.0. The molecule has 8 heteroatoms. The van der Waals surface area contributed by atoms with Gasteiger partial charge in [-0.3, -0.25) is 9.59 Å². The van der Waals surface area contributed by atoms with E-state index in [1.165, 1.54) is 30.9 Å². The van der Waals surface area contributed by atoms with Gasteiger partial charge < -0.3 is 19.7 Å². The molecule has 0 saturated carbocycles. The number of hydrogen-bond acceptors (Lipinski definition) is 6. The largest absolute Gasteiger partial charge is 0.496 e. The first-order chi connectivity index (χ1) is 11.0. The average molecular weight is 338 g/mol. The first-order valence-corrected chi connectivity index (χ1v) is 7.97. The van der Waals surface area contributed by atoms with Crippen LogP contribution < -0.4 is 10.1 Å². The van der Waals surface area contributed by atoms with Gasteiger partial charge in [0.05, 0.1) is 14.2 Å². The third kappa shape index (κ3) is 4.38. The van der Waals surface area contributed by atoms with Gasteiger partial charge in [0.15, 0.2) is 0 Å². The maximum Gasteiger partial charge on any atom is 0.341 e. The molecule has 1 aromatic rings. The van der Waals surface area contributed by atoms with Crippen LogP contribution in [-0.2, 0) is 16.1 Å². The summed E-state index contributed by atoms with van der Waals surface area (Å²) in [6.45, 7) is 0.889. The number of nitrogens with zero attached hydrogens (tertiary/aromatic N) is 1. The fourth-order valence-electron chi connectivity index (χ4n) is 2.13. The summed E-state index contributed by atoms with van der Waals surface area (Å²) in [5.41, 5.74) is 1.04. The van der Waals surface area contributed by atoms with E-state index in [9.17, 15) is 14.4 Å². The monoisotopic (exact) mass is 338 g/mol. The molecule has 0 atom stereocenters. The zero-order valence-corrected chi connectivity index (χ0v) is 13.8. The molecule has 1 saturated heterocycles. The predicted molar refractivity (Wildman–Crippen MR) is 85.6 cm³/mol. The Kier molecular flexibility index (Phi) is 5.86. The first-order valence-electron chi connectivity index (χ1n) is 6.98. The van der Waals surface area contributed by atoms with Gasteiger partial charge in [-0.15, -0.1) is 0 Å². The van der Waals surface area contributed by atoms with Crippen molar-refractivity contribution in [2.24, 2.45) is 0 Å². The molecule has 0 aromatic heterocycles. The summed E-state index contributed by atoms with van der Waals surface area (Å²) in [6, 6.07) is 5.01. The average Bonchev–Trinajstić information content (AvgIpc) is 2.96. The number of ether oxygens (including phenoxy) is 2. The number of esters is 1. The lowest BCUT2D eigenvalue weighted by Gasteiger charge is -2.14. The van der Waals surface area contributed by atoms with Crippen molar-refractivity contribution in [1.29, 1.82) is 0 Å². The SMILES string of the molecule is COC(=O)c1cc(CNC(=O)CN2CCSC2=O)ccc1OC. The Morgan fingerprint density at radius 1 is 1.35 bits per heavy atom. The van der Waals surface area contributed by atoms with E-state index in [2.05, 4.69) is 5.32 Å². The summed E-state index contributed by atoms with van der Waals surface area (Å²) in [4.78, 5) is 36.6. The summed E-state index contributed by atoms with van der Waals surface area (Å²) in [5, 5.41) is 2.66. The molecule has 1 aliphatic heterocycles. The normalized spacial score (nSPS) is 13.8. The van der Waals surface area contributed by atoms with E-state index < -0.39 is 5.97 Å². The van der Waals surface area contributed by atoms with Crippen molar-refractivity contribution < 1.29 is 23.9 Å². The minimum Gasteiger partial charge on any atom is -0.496 e. The molecule has 7 nitrogen and oxygen atoms in total. The van der Waals surface area contributed by atoms with Crippen LogP contribution in [0.1, 0.15) is 15.9 Å². The Morgan fingerprint density at radius 3 is 2.74 bits per heavy atom. The second-order valence-corrected chi connectivity index (χ2v) is 5.89. The third-order valence-corrected chi connectivity index (χ3v) is 4.23. The van der Waals surface area contributed by atoms with Crippen LogP contribution in [0.5, 0.6) is 5.75 Å². The lowest BCUT2D eigenvalue weighted by molar-refractivity contribution is -0.121. The standard InChI is InChI=1S/C15H18N2O5S/c1-21-12-4-3-10(7-11(12)14(19)22-2)8-16-13(18)9-17-5-6-23-15(17)20/h3-4,7H,5-6,8-9H2,1-2H3,(H,16,18). The van der Waals surface area contributed by atoms with Crippen molar-refractivity contribution in [3.8, 4) is 5.75 Å². The fourth-order valence-corrected chi connectivity index (χ4v) is 2.96. The maximum absolute atomic E-state index is 11.9. The minimum absolute atomic E-state index is 0.0475. The highest BCUT2D eigenvalue weighted by Gasteiger charge is 2.23. The van der Waals surface area contributed by atoms with Gasteiger partial charge in [0, 0.05) is 18.8 Å². The number of amides is 2. The summed E-state index contributed by atoms with van der Waals surface area (Å²) in [7, 11) is 2.76. The van der Waals surface area contributed by atoms with Gasteiger partial charge in [0.2, 0.25) is 5.91 Å². The van der Waals surface area contributed by atoms with E-state index >= 15 is 0 Å². The molecule has 2 rings (SSSR count). The van der Waals surface area contributed by atoms with Crippen LogP contribution in [0.2, 0.25) is 0 Å². The van der Waals surface area contributed by atoms with Gasteiger partial charge in [-0.2, -0.15) is 0 Å². The molecule has 0 unspecified atom stereocenters. The van der Waals surface area contributed by atoms with Crippen LogP contribution >= 0.6 is 11.8 Å². The van der Waals surface area contributed by atoms with Crippen molar-refractivity contribution in [2.45, 2.75) is 6.54 Å². The molecule has 1 aromatic carbocycles. The highest BCUT2D eigenvalue weighted by atomic mass is 32.2. The summed E-state index contributed by atoms with van der Waals surface area (Å²) < 4.78 is 9.82. The highest BCUT2D eigenvalue weighted by Crippen LogP contribution is 2.21. The molecule has 124 valence electrons. The molecule has 1 aliphatic rings. The first kappa shape index (κ1) is 17.1. The van der Waals surface area contributed by atoms with E-state index in [1.807, 2.05) is 0 Å². The number of carbonyl (C=O) groups is 3. The molecule has 0 spiro atoms. The number of nitrogens with one attached hydrogen (secondary N) is 1. The van der Waals surface area contributed by atoms with Crippen LogP contribution in [0.3, 0.4) is 0 Å². The topological polar surface area (TPSA) is 84.9 Å². The molecule has 2 amide bonds. The lowest BCUT2D eigenvalue weighted by Crippen LogP contribution is -2.36. The van der Waals surface area contributed by atoms with Gasteiger partial charge >= 0.3 is 5.97 Å². The smallest absolute Gasteiger partial charge is 0.341 e. The summed E-state index contributed by atoms with van der Waals surface area (Å²) >= 11 is 1.22. The van der Waals surface area contributed by atoms with Gasteiger partial charge in [-0.1, -0.05) is 17.8 Å². The Balaban J connectivity index is 1.96. The van der Waals surface area contributed by atoms with Crippen molar-refractivity contribution >= 4 is 28.9 Å². The van der Waals surface area contributed by atoms with Crippen molar-refractivity contribution in [3.63, 3.8) is 0 Å². The van der Waals surface area contributed by atoms with Crippen LogP contribution in [0.25, 0.3) is 0 Å². The van der Waals surface area contributed by atoms with E-state index in [1.54, 1.807) is 18.2 Å². The predicted octanol–water partition coefficient (Wildman–Crippen LogP) is 1.27. The molecule has 0 bridgehead atoms. The molecular formula is C15H18N2O5S. The van der Waals surface area contributed by atoms with Crippen molar-refractivity contribution in [2.75, 3.05) is 33.1 Å². The van der Waals surface area contributed by atoms with Crippen LogP contribution in [0, 0.1) is 0 Å². The van der Waals surface area contributed by atoms with E-state index in [-0.39, 0.29) is 24.2 Å². The number of thioether (sulfide) groups is 1. The number of carbonyl (C=O) groups excluding carboxylic acids is 3. The molecule has 23 heavy (non-hydrogen) atoms. The zero-order chi connectivity index (χ0) is 16.8. The quantitative estimate of drug-likeness (QED) is 0.786. The molecule has 1 fully saturated rings. The maximum atomic E-state index is 11.9. The molecule has 1 heterocycles. The number of methoxy groups -OCH3 is 2.